The minimum absolute atomic E-state index is 0.00424. The summed E-state index contributed by atoms with van der Waals surface area (Å²) in [6.07, 6.45) is 1.33. The number of hydrogen-bond donors (Lipinski definition) is 5. The highest BCUT2D eigenvalue weighted by Crippen LogP contribution is 2.57. The van der Waals surface area contributed by atoms with Crippen LogP contribution in [0.25, 0.3) is 5.57 Å². The predicted octanol–water partition coefficient (Wildman–Crippen LogP) is 7.13. The van der Waals surface area contributed by atoms with Crippen molar-refractivity contribution in [2.75, 3.05) is 69.4 Å². The molecule has 5 aliphatic rings. The molecule has 5 N–H and O–H groups in total. The lowest BCUT2D eigenvalue weighted by molar-refractivity contribution is -0.128. The van der Waals surface area contributed by atoms with Gasteiger partial charge in [0, 0.05) is 37.0 Å². The Hall–Kier alpha value is -9.29. The molecule has 7 amide bonds. The molecule has 1 saturated heterocycles. The van der Waals surface area contributed by atoms with E-state index in [4.69, 9.17) is 37.9 Å². The first-order valence-electron chi connectivity index (χ1n) is 28.1. The Morgan fingerprint density at radius 2 is 1.28 bits per heavy atom. The van der Waals surface area contributed by atoms with E-state index in [0.717, 1.165) is 33.8 Å². The van der Waals surface area contributed by atoms with E-state index in [1.54, 1.807) is 68.5 Å². The third-order valence-corrected chi connectivity index (χ3v) is 15.7. The van der Waals surface area contributed by atoms with Crippen molar-refractivity contribution >= 4 is 64.5 Å². The SMILES string of the molecule is C=CCOC(=O)N[C@H](C(=O)N[C@@H](C)C(=O)Nc1ccc(COC(=O)N2c3cc(OCCCOc4cc5c(cc4OC)C(=O)N4C=C(c6ccc(OC)cc6)C[C@H]4C(O)N5C(=O)OCC=C)c(OC)cc3C(=O)N3CC4(CC4)C[C@H]3C2O)cc1)C(C)C. The van der Waals surface area contributed by atoms with Gasteiger partial charge in [-0.3, -0.25) is 19.2 Å². The maximum absolute atomic E-state index is 14.5. The maximum Gasteiger partial charge on any atom is 0.416 e. The smallest absolute Gasteiger partial charge is 0.416 e. The zero-order chi connectivity index (χ0) is 61.6. The molecule has 4 aromatic rings. The highest BCUT2D eigenvalue weighted by Gasteiger charge is 2.58. The van der Waals surface area contributed by atoms with Crippen molar-refractivity contribution < 1.29 is 81.7 Å². The van der Waals surface area contributed by atoms with Crippen LogP contribution in [-0.4, -0.2) is 153 Å². The monoisotopic (exact) mass is 1190 g/mol. The second-order valence-corrected chi connectivity index (χ2v) is 21.8. The fourth-order valence-electron chi connectivity index (χ4n) is 10.9. The van der Waals surface area contributed by atoms with Crippen LogP contribution in [0.4, 0.5) is 31.4 Å². The summed E-state index contributed by atoms with van der Waals surface area (Å²) in [5.74, 6) is -1.11. The lowest BCUT2D eigenvalue weighted by Gasteiger charge is -2.31. The van der Waals surface area contributed by atoms with Gasteiger partial charge in [0.05, 0.1) is 69.1 Å². The zero-order valence-corrected chi connectivity index (χ0v) is 48.7. The summed E-state index contributed by atoms with van der Waals surface area (Å²) < 4.78 is 45.5. The van der Waals surface area contributed by atoms with E-state index in [1.807, 2.05) is 12.1 Å². The summed E-state index contributed by atoms with van der Waals surface area (Å²) in [4.78, 5) is 101. The molecule has 0 radical (unpaired) electrons. The lowest BCUT2D eigenvalue weighted by Crippen LogP contribution is -2.53. The third-order valence-electron chi connectivity index (χ3n) is 15.7. The molecule has 2 fully saturated rings. The highest BCUT2D eigenvalue weighted by atomic mass is 16.6. The Balaban J connectivity index is 0.878. The van der Waals surface area contributed by atoms with Gasteiger partial charge in [-0.25, -0.2) is 24.2 Å². The Morgan fingerprint density at radius 1 is 0.698 bits per heavy atom. The summed E-state index contributed by atoms with van der Waals surface area (Å²) in [5.41, 5.74) is 2.45. The number of amides is 7. The molecular weight excluding hydrogens is 1110 g/mol. The van der Waals surface area contributed by atoms with Gasteiger partial charge in [0.2, 0.25) is 11.8 Å². The topological polar surface area (TPSA) is 283 Å². The second kappa shape index (κ2) is 26.3. The number of ether oxygens (including phenoxy) is 8. The molecule has 6 atom stereocenters. The van der Waals surface area contributed by atoms with Gasteiger partial charge in [-0.2, -0.15) is 0 Å². The van der Waals surface area contributed by atoms with Crippen molar-refractivity contribution in [1.29, 1.82) is 0 Å². The third kappa shape index (κ3) is 13.0. The number of benzene rings is 4. The average Bonchev–Trinajstić information content (AvgIpc) is 1.71. The van der Waals surface area contributed by atoms with Gasteiger partial charge in [0.1, 0.15) is 37.7 Å². The Bertz CT molecular complexity index is 3290. The number of carbonyl (C=O) groups is 7. The molecule has 2 unspecified atom stereocenters. The van der Waals surface area contributed by atoms with E-state index in [1.165, 1.54) is 62.5 Å². The molecule has 1 saturated carbocycles. The Morgan fingerprint density at radius 3 is 1.85 bits per heavy atom. The van der Waals surface area contributed by atoms with Gasteiger partial charge < -0.3 is 73.9 Å². The molecule has 0 bridgehead atoms. The average molecular weight is 1190 g/mol. The standard InChI is InChI=1S/C62H71N7O17/c1-9-22-84-59(76)65-52(35(3)4)54(71)63-36(5)53(70)64-40-16-12-37(13-17-40)33-86-61(78)69-45-30-51(49(81-8)28-43(45)56(73)67-34-62(20-21-62)31-47(67)58(69)75)83-25-11-24-82-50-29-44-42(27-48(50)80-7)55(72)66-32-39(38-14-18-41(79-6)19-15-38)26-46(66)57(74)68(44)60(77)85-23-10-2/h9-10,12-19,27-30,32,35-36,46-47,52,57-58,74-75H,1-2,11,20-26,31,33-34H2,3-8H3,(H,63,71)(H,64,70)(H,65,76)/t36-,46-,47-,52-,57?,58?/m0/s1. The molecule has 0 aromatic heterocycles. The van der Waals surface area contributed by atoms with Crippen molar-refractivity contribution in [2.24, 2.45) is 11.3 Å². The molecule has 4 aromatic carbocycles. The van der Waals surface area contributed by atoms with E-state index < -0.39 is 78.5 Å². The van der Waals surface area contributed by atoms with Gasteiger partial charge in [-0.15, -0.1) is 0 Å². The summed E-state index contributed by atoms with van der Waals surface area (Å²) in [5, 5.41) is 32.0. The highest BCUT2D eigenvalue weighted by molar-refractivity contribution is 6.08. The van der Waals surface area contributed by atoms with E-state index >= 15 is 0 Å². The normalized spacial score (nSPS) is 19.4. The largest absolute Gasteiger partial charge is 0.497 e. The summed E-state index contributed by atoms with van der Waals surface area (Å²) >= 11 is 0. The molecule has 24 nitrogen and oxygen atoms in total. The summed E-state index contributed by atoms with van der Waals surface area (Å²) in [6.45, 7) is 12.0. The number of fused-ring (bicyclic) bond motifs is 4. The van der Waals surface area contributed by atoms with Crippen LogP contribution in [0.15, 0.2) is 104 Å². The number of aliphatic hydroxyl groups excluding tert-OH is 2. The number of anilines is 3. The number of nitrogens with one attached hydrogen (secondary N) is 3. The van der Waals surface area contributed by atoms with Gasteiger partial charge in [0.25, 0.3) is 11.8 Å². The van der Waals surface area contributed by atoms with Crippen LogP contribution >= 0.6 is 0 Å². The molecule has 4 aliphatic heterocycles. The van der Waals surface area contributed by atoms with Crippen LogP contribution < -0.4 is 49.4 Å². The first kappa shape index (κ1) is 61.3. The molecule has 24 heteroatoms. The first-order valence-corrected chi connectivity index (χ1v) is 28.1. The van der Waals surface area contributed by atoms with Crippen molar-refractivity contribution in [3.63, 3.8) is 0 Å². The van der Waals surface area contributed by atoms with Crippen LogP contribution in [0, 0.1) is 11.3 Å². The van der Waals surface area contributed by atoms with Crippen LogP contribution in [0.1, 0.15) is 84.7 Å². The number of carbonyl (C=O) groups excluding carboxylic acids is 7. The van der Waals surface area contributed by atoms with Crippen LogP contribution in [-0.2, 0) is 30.4 Å². The lowest BCUT2D eigenvalue weighted by atomic mass is 10.0. The van der Waals surface area contributed by atoms with Crippen LogP contribution in [0.3, 0.4) is 0 Å². The minimum atomic E-state index is -1.56. The minimum Gasteiger partial charge on any atom is -0.497 e. The number of aliphatic hydroxyl groups is 2. The van der Waals surface area contributed by atoms with E-state index in [9.17, 15) is 43.8 Å². The van der Waals surface area contributed by atoms with Gasteiger partial charge in [0.15, 0.2) is 35.5 Å². The number of nitrogens with zero attached hydrogens (tertiary/aromatic N) is 4. The van der Waals surface area contributed by atoms with E-state index in [-0.39, 0.29) is 103 Å². The molecule has 1 spiro atoms. The van der Waals surface area contributed by atoms with Crippen molar-refractivity contribution in [1.82, 2.24) is 20.4 Å². The predicted molar refractivity (Wildman–Crippen MR) is 313 cm³/mol. The quantitative estimate of drug-likeness (QED) is 0.0297. The summed E-state index contributed by atoms with van der Waals surface area (Å²) in [6, 6.07) is 15.9. The first-order chi connectivity index (χ1) is 41.3. The number of hydrogen-bond acceptors (Lipinski definition) is 17. The summed E-state index contributed by atoms with van der Waals surface area (Å²) in [7, 11) is 4.37. The molecular formula is C62H71N7O17. The van der Waals surface area contributed by atoms with E-state index in [0.29, 0.717) is 30.0 Å². The van der Waals surface area contributed by atoms with Gasteiger partial charge in [-0.1, -0.05) is 63.4 Å². The van der Waals surface area contributed by atoms with Crippen LogP contribution in [0.5, 0.6) is 28.7 Å². The van der Waals surface area contributed by atoms with Crippen molar-refractivity contribution in [2.45, 2.75) is 96.1 Å². The fraction of sp³-hybridized carbons (Fsp3) is 0.403. The van der Waals surface area contributed by atoms with Crippen LogP contribution in [0.2, 0.25) is 0 Å². The maximum atomic E-state index is 14.5. The number of methoxy groups -OCH3 is 3. The molecule has 86 heavy (non-hydrogen) atoms. The van der Waals surface area contributed by atoms with Gasteiger partial charge in [-0.05, 0) is 97.0 Å². The zero-order valence-electron chi connectivity index (χ0n) is 48.7. The second-order valence-electron chi connectivity index (χ2n) is 21.8. The van der Waals surface area contributed by atoms with E-state index in [2.05, 4.69) is 29.1 Å². The van der Waals surface area contributed by atoms with Crippen molar-refractivity contribution in [3.05, 3.63) is 127 Å². The number of alkyl carbamates (subject to hydrolysis) is 1. The molecule has 9 rings (SSSR count). The molecule has 1 aliphatic carbocycles. The van der Waals surface area contributed by atoms with Gasteiger partial charge >= 0.3 is 18.3 Å². The number of rotatable bonds is 22. The molecule has 4 heterocycles. The van der Waals surface area contributed by atoms with Crippen molar-refractivity contribution in [3.8, 4) is 28.7 Å². The Labute approximate surface area is 497 Å². The Kier molecular flexibility index (Phi) is 18.8. The molecule has 456 valence electrons. The fourth-order valence-corrected chi connectivity index (χ4v) is 10.9.